The van der Waals surface area contributed by atoms with Gasteiger partial charge >= 0.3 is 0 Å². The summed E-state index contributed by atoms with van der Waals surface area (Å²) in [5.74, 6) is -0.630. The second kappa shape index (κ2) is 4.05. The fourth-order valence-electron chi connectivity index (χ4n) is 1.87. The van der Waals surface area contributed by atoms with Crippen molar-refractivity contribution in [2.75, 3.05) is 0 Å². The number of aromatic amines is 1. The molecule has 0 radical (unpaired) electrons. The van der Waals surface area contributed by atoms with Gasteiger partial charge in [0.15, 0.2) is 11.5 Å². The molecule has 2 rings (SSSR count). The summed E-state index contributed by atoms with van der Waals surface area (Å²) in [6, 6.07) is 5.70. The van der Waals surface area contributed by atoms with Gasteiger partial charge in [0.1, 0.15) is 5.82 Å². The summed E-state index contributed by atoms with van der Waals surface area (Å²) >= 11 is 0. The minimum Gasteiger partial charge on any atom is -0.505 e. The van der Waals surface area contributed by atoms with Crippen LogP contribution in [0.25, 0.3) is 11.3 Å². The van der Waals surface area contributed by atoms with Gasteiger partial charge in [0.25, 0.3) is 0 Å². The number of hydrogen-bond acceptors (Lipinski definition) is 2. The van der Waals surface area contributed by atoms with Crippen LogP contribution in [-0.4, -0.2) is 15.9 Å². The molecule has 17 heavy (non-hydrogen) atoms. The Labute approximate surface area is 97.9 Å². The van der Waals surface area contributed by atoms with Crippen molar-refractivity contribution in [3.05, 3.63) is 41.3 Å². The third-order valence-corrected chi connectivity index (χ3v) is 2.65. The van der Waals surface area contributed by atoms with Crippen LogP contribution in [0.5, 0.6) is 5.75 Å². The van der Waals surface area contributed by atoms with Crippen LogP contribution in [-0.2, 0) is 0 Å². The lowest BCUT2D eigenvalue weighted by molar-refractivity contribution is 0.101. The summed E-state index contributed by atoms with van der Waals surface area (Å²) in [4.78, 5) is 14.3. The largest absolute Gasteiger partial charge is 0.505 e. The van der Waals surface area contributed by atoms with Crippen LogP contribution in [0.15, 0.2) is 24.3 Å². The molecular formula is C13H12FNO2. The quantitative estimate of drug-likeness (QED) is 0.783. The van der Waals surface area contributed by atoms with Gasteiger partial charge in [0.05, 0.1) is 11.3 Å². The van der Waals surface area contributed by atoms with Gasteiger partial charge in [-0.05, 0) is 38.1 Å². The van der Waals surface area contributed by atoms with Crippen molar-refractivity contribution < 1.29 is 14.3 Å². The van der Waals surface area contributed by atoms with Gasteiger partial charge in [-0.15, -0.1) is 0 Å². The van der Waals surface area contributed by atoms with E-state index in [1.165, 1.54) is 19.1 Å². The van der Waals surface area contributed by atoms with Crippen LogP contribution < -0.4 is 0 Å². The van der Waals surface area contributed by atoms with Gasteiger partial charge < -0.3 is 10.1 Å². The van der Waals surface area contributed by atoms with Crippen LogP contribution >= 0.6 is 0 Å². The summed E-state index contributed by atoms with van der Waals surface area (Å²) in [7, 11) is 0. The number of aromatic hydroxyl groups is 1. The highest BCUT2D eigenvalue weighted by Crippen LogP contribution is 2.34. The maximum atomic E-state index is 12.8. The van der Waals surface area contributed by atoms with Gasteiger partial charge in [-0.2, -0.15) is 0 Å². The molecule has 0 fully saturated rings. The molecule has 0 saturated heterocycles. The normalized spacial score (nSPS) is 10.5. The van der Waals surface area contributed by atoms with E-state index in [2.05, 4.69) is 4.98 Å². The molecule has 0 atom stereocenters. The molecule has 0 aliphatic rings. The van der Waals surface area contributed by atoms with Crippen molar-refractivity contribution >= 4 is 5.78 Å². The van der Waals surface area contributed by atoms with Crippen LogP contribution in [0.2, 0.25) is 0 Å². The van der Waals surface area contributed by atoms with Crippen molar-refractivity contribution in [2.24, 2.45) is 0 Å². The van der Waals surface area contributed by atoms with Crippen molar-refractivity contribution in [1.29, 1.82) is 0 Å². The van der Waals surface area contributed by atoms with E-state index >= 15 is 0 Å². The van der Waals surface area contributed by atoms with Crippen molar-refractivity contribution in [3.63, 3.8) is 0 Å². The monoisotopic (exact) mass is 233 g/mol. The summed E-state index contributed by atoms with van der Waals surface area (Å²) in [5.41, 5.74) is 1.96. The predicted octanol–water partition coefficient (Wildman–Crippen LogP) is 3.04. The van der Waals surface area contributed by atoms with Gasteiger partial charge in [-0.3, -0.25) is 4.79 Å². The van der Waals surface area contributed by atoms with Gasteiger partial charge in [0, 0.05) is 11.3 Å². The van der Waals surface area contributed by atoms with E-state index < -0.39 is 0 Å². The number of hydrogen-bond donors (Lipinski definition) is 2. The third-order valence-electron chi connectivity index (χ3n) is 2.65. The first-order valence-corrected chi connectivity index (χ1v) is 5.19. The average Bonchev–Trinajstić information content (AvgIpc) is 2.55. The Balaban J connectivity index is 2.57. The highest BCUT2D eigenvalue weighted by atomic mass is 19.1. The lowest BCUT2D eigenvalue weighted by atomic mass is 10.1. The van der Waals surface area contributed by atoms with Crippen molar-refractivity contribution in [1.82, 2.24) is 4.98 Å². The molecule has 3 nitrogen and oxygen atoms in total. The fourth-order valence-corrected chi connectivity index (χ4v) is 1.87. The van der Waals surface area contributed by atoms with E-state index in [0.717, 1.165) is 0 Å². The molecule has 1 aromatic heterocycles. The minimum absolute atomic E-state index is 0.0818. The maximum Gasteiger partial charge on any atom is 0.165 e. The molecule has 1 heterocycles. The number of aryl methyl sites for hydroxylation is 1. The smallest absolute Gasteiger partial charge is 0.165 e. The molecule has 0 amide bonds. The van der Waals surface area contributed by atoms with Crippen LogP contribution in [0.4, 0.5) is 4.39 Å². The van der Waals surface area contributed by atoms with Crippen LogP contribution in [0.1, 0.15) is 23.0 Å². The Hall–Kier alpha value is -2.10. The molecule has 4 heteroatoms. The van der Waals surface area contributed by atoms with E-state index in [0.29, 0.717) is 17.0 Å². The summed E-state index contributed by atoms with van der Waals surface area (Å²) < 4.78 is 12.8. The number of benzene rings is 1. The van der Waals surface area contributed by atoms with Crippen LogP contribution in [0, 0.1) is 12.7 Å². The van der Waals surface area contributed by atoms with Gasteiger partial charge in [0.2, 0.25) is 0 Å². The molecule has 0 spiro atoms. The molecule has 0 unspecified atom stereocenters. The first-order valence-electron chi connectivity index (χ1n) is 5.19. The van der Waals surface area contributed by atoms with E-state index in [9.17, 15) is 14.3 Å². The van der Waals surface area contributed by atoms with Gasteiger partial charge in [-0.1, -0.05) is 0 Å². The molecule has 0 aliphatic heterocycles. The summed E-state index contributed by atoms with van der Waals surface area (Å²) in [6.45, 7) is 3.10. The number of carbonyl (C=O) groups is 1. The Morgan fingerprint density at radius 1 is 1.29 bits per heavy atom. The number of rotatable bonds is 2. The molecular weight excluding hydrogens is 221 g/mol. The Bertz CT molecular complexity index is 570. The zero-order valence-electron chi connectivity index (χ0n) is 9.54. The molecule has 1 aromatic carbocycles. The van der Waals surface area contributed by atoms with Crippen molar-refractivity contribution in [2.45, 2.75) is 13.8 Å². The standard InChI is InChI=1S/C13H12FNO2/c1-7-11(8(2)16)13(17)12(15-7)9-3-5-10(14)6-4-9/h3-6,15,17H,1-2H3. The average molecular weight is 233 g/mol. The number of carbonyl (C=O) groups excluding carboxylic acids is 1. The minimum atomic E-state index is -0.344. The first kappa shape index (κ1) is 11.4. The molecule has 0 saturated carbocycles. The number of ketones is 1. The number of aromatic nitrogens is 1. The maximum absolute atomic E-state index is 12.8. The zero-order valence-corrected chi connectivity index (χ0v) is 9.54. The molecule has 0 aliphatic carbocycles. The van der Waals surface area contributed by atoms with E-state index in [1.807, 2.05) is 0 Å². The zero-order chi connectivity index (χ0) is 12.6. The lowest BCUT2D eigenvalue weighted by Gasteiger charge is -1.99. The Kier molecular flexibility index (Phi) is 2.71. The molecule has 0 bridgehead atoms. The van der Waals surface area contributed by atoms with Crippen LogP contribution in [0.3, 0.4) is 0 Å². The molecule has 2 aromatic rings. The SMILES string of the molecule is CC(=O)c1c(C)[nH]c(-c2ccc(F)cc2)c1O. The number of nitrogens with one attached hydrogen (secondary N) is 1. The van der Waals surface area contributed by atoms with E-state index in [-0.39, 0.29) is 22.9 Å². The van der Waals surface area contributed by atoms with E-state index in [4.69, 9.17) is 0 Å². The second-order valence-electron chi connectivity index (χ2n) is 3.91. The Morgan fingerprint density at radius 2 is 1.88 bits per heavy atom. The van der Waals surface area contributed by atoms with E-state index in [1.54, 1.807) is 19.1 Å². The van der Waals surface area contributed by atoms with Crippen molar-refractivity contribution in [3.8, 4) is 17.0 Å². The topological polar surface area (TPSA) is 53.1 Å². The highest BCUT2D eigenvalue weighted by Gasteiger charge is 2.18. The fraction of sp³-hybridized carbons (Fsp3) is 0.154. The first-order chi connectivity index (χ1) is 8.00. The summed E-state index contributed by atoms with van der Waals surface area (Å²) in [6.07, 6.45) is 0. The third kappa shape index (κ3) is 1.93. The highest BCUT2D eigenvalue weighted by molar-refractivity contribution is 6.00. The predicted molar refractivity (Wildman–Crippen MR) is 62.6 cm³/mol. The second-order valence-corrected chi connectivity index (χ2v) is 3.91. The number of halogens is 1. The molecule has 2 N–H and O–H groups in total. The number of Topliss-reactive ketones (excluding diaryl/α,β-unsaturated/α-hetero) is 1. The van der Waals surface area contributed by atoms with Gasteiger partial charge in [-0.25, -0.2) is 4.39 Å². The number of H-pyrrole nitrogens is 1. The summed E-state index contributed by atoms with van der Waals surface area (Å²) in [5, 5.41) is 9.96. The lowest BCUT2D eigenvalue weighted by Crippen LogP contribution is -1.92. The molecule has 88 valence electrons. The Morgan fingerprint density at radius 3 is 2.35 bits per heavy atom.